The molecule has 0 spiro atoms. The largest absolute Gasteiger partial charge is 0.368 e. The average molecular weight is 177 g/mol. The van der Waals surface area contributed by atoms with E-state index in [-0.39, 0.29) is 0 Å². The Labute approximate surface area is 69.9 Å². The molecule has 0 radical (unpaired) electrons. The molecule has 5 N–H and O–H groups in total. The molecule has 0 aliphatic carbocycles. The molecule has 0 bridgehead atoms. The van der Waals surface area contributed by atoms with E-state index in [9.17, 15) is 9.59 Å². The summed E-state index contributed by atoms with van der Waals surface area (Å²) in [7, 11) is 0. The van der Waals surface area contributed by atoms with Gasteiger partial charge in [-0.3, -0.25) is 4.79 Å². The molecule has 0 aromatic heterocycles. The van der Waals surface area contributed by atoms with Gasteiger partial charge in [-0.05, 0) is 12.2 Å². The minimum Gasteiger partial charge on any atom is -0.368 e. The topological polar surface area (TPSA) is 98.2 Å². The molecule has 5 nitrogen and oxygen atoms in total. The van der Waals surface area contributed by atoms with Crippen molar-refractivity contribution in [3.8, 4) is 0 Å². The van der Waals surface area contributed by atoms with Crippen LogP contribution in [0.1, 0.15) is 6.42 Å². The molecular formula is C5H11N3O2S. The van der Waals surface area contributed by atoms with Crippen LogP contribution in [0, 0.1) is 0 Å². The van der Waals surface area contributed by atoms with E-state index in [1.54, 1.807) is 0 Å². The summed E-state index contributed by atoms with van der Waals surface area (Å²) in [6.07, 6.45) is 0.390. The van der Waals surface area contributed by atoms with E-state index in [1.165, 1.54) is 0 Å². The van der Waals surface area contributed by atoms with Crippen molar-refractivity contribution in [2.45, 2.75) is 12.5 Å². The van der Waals surface area contributed by atoms with Crippen molar-refractivity contribution in [2.24, 2.45) is 11.5 Å². The predicted octanol–water partition coefficient (Wildman–Crippen LogP) is -1.17. The van der Waals surface area contributed by atoms with Gasteiger partial charge in [0.1, 0.15) is 6.04 Å². The maximum atomic E-state index is 10.5. The molecule has 11 heavy (non-hydrogen) atoms. The highest BCUT2D eigenvalue weighted by molar-refractivity contribution is 7.80. The standard InChI is InChI=1S/C5H11N3O2S/c6-4(9)3(1-2-11)8-5(7)10/h3,11H,1-2H2,(H2,6,9)(H3,7,8,10). The van der Waals surface area contributed by atoms with Gasteiger partial charge in [0.2, 0.25) is 5.91 Å². The van der Waals surface area contributed by atoms with Gasteiger partial charge < -0.3 is 16.8 Å². The van der Waals surface area contributed by atoms with Crippen LogP contribution in [-0.2, 0) is 4.79 Å². The summed E-state index contributed by atoms with van der Waals surface area (Å²) in [4.78, 5) is 20.8. The van der Waals surface area contributed by atoms with Gasteiger partial charge in [-0.15, -0.1) is 0 Å². The summed E-state index contributed by atoms with van der Waals surface area (Å²) in [6.45, 7) is 0. The number of carbonyl (C=O) groups excluding carboxylic acids is 2. The van der Waals surface area contributed by atoms with Crippen molar-refractivity contribution < 1.29 is 9.59 Å². The zero-order valence-electron chi connectivity index (χ0n) is 5.91. The summed E-state index contributed by atoms with van der Waals surface area (Å²) in [5.74, 6) is -0.133. The van der Waals surface area contributed by atoms with E-state index in [0.717, 1.165) is 0 Å². The van der Waals surface area contributed by atoms with Gasteiger partial charge in [-0.1, -0.05) is 0 Å². The Morgan fingerprint density at radius 2 is 2.00 bits per heavy atom. The molecule has 0 aromatic rings. The third-order valence-corrected chi connectivity index (χ3v) is 1.34. The van der Waals surface area contributed by atoms with Crippen LogP contribution in [0.3, 0.4) is 0 Å². The zero-order chi connectivity index (χ0) is 8.85. The first kappa shape index (κ1) is 10.1. The average Bonchev–Trinajstić information content (AvgIpc) is 1.86. The van der Waals surface area contributed by atoms with E-state index in [2.05, 4.69) is 17.9 Å². The van der Waals surface area contributed by atoms with Crippen molar-refractivity contribution in [3.05, 3.63) is 0 Å². The number of carbonyl (C=O) groups is 2. The van der Waals surface area contributed by atoms with Gasteiger partial charge >= 0.3 is 6.03 Å². The van der Waals surface area contributed by atoms with Crippen molar-refractivity contribution >= 4 is 24.6 Å². The first-order valence-corrected chi connectivity index (χ1v) is 3.67. The number of amides is 3. The molecule has 0 aliphatic rings. The second-order valence-corrected chi connectivity index (χ2v) is 2.42. The lowest BCUT2D eigenvalue weighted by molar-refractivity contribution is -0.119. The Morgan fingerprint density at radius 1 is 1.45 bits per heavy atom. The van der Waals surface area contributed by atoms with Crippen molar-refractivity contribution in [3.63, 3.8) is 0 Å². The van der Waals surface area contributed by atoms with Crippen molar-refractivity contribution in [1.29, 1.82) is 0 Å². The van der Waals surface area contributed by atoms with Crippen LogP contribution in [0.15, 0.2) is 0 Å². The third kappa shape index (κ3) is 4.49. The van der Waals surface area contributed by atoms with Crippen LogP contribution in [0.5, 0.6) is 0 Å². The molecule has 0 saturated carbocycles. The van der Waals surface area contributed by atoms with Crippen LogP contribution < -0.4 is 16.8 Å². The second-order valence-electron chi connectivity index (χ2n) is 1.98. The number of primary amides is 2. The van der Waals surface area contributed by atoms with Crippen LogP contribution in [0.2, 0.25) is 0 Å². The van der Waals surface area contributed by atoms with E-state index in [1.807, 2.05) is 0 Å². The molecule has 64 valence electrons. The van der Waals surface area contributed by atoms with Crippen molar-refractivity contribution in [1.82, 2.24) is 5.32 Å². The van der Waals surface area contributed by atoms with Crippen LogP contribution in [-0.4, -0.2) is 23.7 Å². The van der Waals surface area contributed by atoms with Gasteiger partial charge in [-0.2, -0.15) is 12.6 Å². The van der Waals surface area contributed by atoms with Gasteiger partial charge in [0.25, 0.3) is 0 Å². The fraction of sp³-hybridized carbons (Fsp3) is 0.600. The molecule has 1 unspecified atom stereocenters. The number of thiol groups is 1. The Hall–Kier alpha value is -0.910. The quantitative estimate of drug-likeness (QED) is 0.407. The van der Waals surface area contributed by atoms with E-state index < -0.39 is 18.0 Å². The van der Waals surface area contributed by atoms with Gasteiger partial charge in [0, 0.05) is 0 Å². The number of nitrogens with one attached hydrogen (secondary N) is 1. The first-order chi connectivity index (χ1) is 5.07. The maximum Gasteiger partial charge on any atom is 0.312 e. The van der Waals surface area contributed by atoms with Crippen molar-refractivity contribution in [2.75, 3.05) is 5.75 Å². The summed E-state index contributed by atoms with van der Waals surface area (Å²) < 4.78 is 0. The third-order valence-electron chi connectivity index (χ3n) is 1.08. The fourth-order valence-electron chi connectivity index (χ4n) is 0.586. The van der Waals surface area contributed by atoms with E-state index in [0.29, 0.717) is 12.2 Å². The number of hydrogen-bond donors (Lipinski definition) is 4. The Morgan fingerprint density at radius 3 is 2.27 bits per heavy atom. The van der Waals surface area contributed by atoms with E-state index in [4.69, 9.17) is 11.5 Å². The van der Waals surface area contributed by atoms with E-state index >= 15 is 0 Å². The Balaban J connectivity index is 3.89. The van der Waals surface area contributed by atoms with Crippen LogP contribution in [0.25, 0.3) is 0 Å². The van der Waals surface area contributed by atoms with Gasteiger partial charge in [0.15, 0.2) is 0 Å². The normalized spacial score (nSPS) is 12.1. The van der Waals surface area contributed by atoms with Crippen LogP contribution >= 0.6 is 12.6 Å². The van der Waals surface area contributed by atoms with Gasteiger partial charge in [0.05, 0.1) is 0 Å². The number of urea groups is 1. The number of nitrogens with two attached hydrogens (primary N) is 2. The number of hydrogen-bond acceptors (Lipinski definition) is 3. The minimum atomic E-state index is -0.754. The lowest BCUT2D eigenvalue weighted by Crippen LogP contribution is -2.46. The Bertz CT molecular complexity index is 162. The molecule has 0 aromatic carbocycles. The molecule has 0 fully saturated rings. The number of rotatable bonds is 4. The SMILES string of the molecule is NC(=O)NC(CCS)C(N)=O. The highest BCUT2D eigenvalue weighted by atomic mass is 32.1. The molecule has 3 amide bonds. The summed E-state index contributed by atoms with van der Waals surface area (Å²) in [5, 5.41) is 2.20. The Kier molecular flexibility index (Phi) is 4.44. The summed E-state index contributed by atoms with van der Waals surface area (Å²) in [6, 6.07) is -1.46. The molecular weight excluding hydrogens is 166 g/mol. The van der Waals surface area contributed by atoms with Crippen LogP contribution in [0.4, 0.5) is 4.79 Å². The lowest BCUT2D eigenvalue weighted by Gasteiger charge is -2.11. The molecule has 1 atom stereocenters. The molecule has 0 rings (SSSR count). The van der Waals surface area contributed by atoms with Gasteiger partial charge in [-0.25, -0.2) is 4.79 Å². The highest BCUT2D eigenvalue weighted by Crippen LogP contribution is 1.92. The summed E-state index contributed by atoms with van der Waals surface area (Å²) >= 11 is 3.88. The fourth-order valence-corrected chi connectivity index (χ4v) is 0.845. The zero-order valence-corrected chi connectivity index (χ0v) is 6.80. The predicted molar refractivity (Wildman–Crippen MR) is 44.2 cm³/mol. The summed E-state index contributed by atoms with van der Waals surface area (Å²) in [5.41, 5.74) is 9.71. The first-order valence-electron chi connectivity index (χ1n) is 3.04. The highest BCUT2D eigenvalue weighted by Gasteiger charge is 2.14. The molecule has 0 saturated heterocycles. The minimum absolute atomic E-state index is 0.390. The molecule has 0 aliphatic heterocycles. The maximum absolute atomic E-state index is 10.5. The molecule has 0 heterocycles. The smallest absolute Gasteiger partial charge is 0.312 e. The lowest BCUT2D eigenvalue weighted by atomic mass is 10.2. The monoisotopic (exact) mass is 177 g/mol. The molecule has 6 heteroatoms. The second kappa shape index (κ2) is 4.84.